The van der Waals surface area contributed by atoms with Crippen molar-refractivity contribution in [3.63, 3.8) is 0 Å². The third kappa shape index (κ3) is 9.83. The van der Waals surface area contributed by atoms with E-state index in [1.807, 2.05) is 73.1 Å². The van der Waals surface area contributed by atoms with Gasteiger partial charge in [-0.2, -0.15) is 0 Å². The van der Waals surface area contributed by atoms with Crippen LogP contribution in [0.25, 0.3) is 71.4 Å². The first-order valence-corrected chi connectivity index (χ1v) is 18.5. The Labute approximate surface area is 332 Å². The van der Waals surface area contributed by atoms with Crippen LogP contribution < -0.4 is 9.13 Å². The zero-order chi connectivity index (χ0) is 38.5. The Morgan fingerprint density at radius 2 is 0.596 bits per heavy atom. The monoisotopic (exact) mass is 738 g/mol. The van der Waals surface area contributed by atoms with Gasteiger partial charge >= 0.3 is 6.67 Å². The Bertz CT molecular complexity index is 2510. The van der Waals surface area contributed by atoms with Crippen molar-refractivity contribution in [1.29, 1.82) is 0 Å². The van der Waals surface area contributed by atoms with Crippen LogP contribution in [0.2, 0.25) is 0 Å². The van der Waals surface area contributed by atoms with E-state index in [4.69, 9.17) is 9.97 Å². The summed E-state index contributed by atoms with van der Waals surface area (Å²) in [6.07, 6.45) is 39.2. The molecule has 0 aliphatic heterocycles. The molecule has 0 fully saturated rings. The summed E-state index contributed by atoms with van der Waals surface area (Å²) in [7, 11) is 0. The van der Waals surface area contributed by atoms with Crippen LogP contribution in [0.1, 0.15) is 44.5 Å². The lowest BCUT2D eigenvalue weighted by Crippen LogP contribution is -2.53. The first kappa shape index (κ1) is 36.2. The molecule has 0 saturated carbocycles. The molecule has 57 heavy (non-hydrogen) atoms. The Kier molecular flexibility index (Phi) is 11.4. The van der Waals surface area contributed by atoms with Crippen LogP contribution in [-0.2, 0) is 6.67 Å². The summed E-state index contributed by atoms with van der Waals surface area (Å²) in [6.45, 7) is 0.505. The summed E-state index contributed by atoms with van der Waals surface area (Å²) < 4.78 is 4.46. The molecule has 0 aliphatic rings. The highest BCUT2D eigenvalue weighted by Crippen LogP contribution is 2.21. The van der Waals surface area contributed by atoms with Crippen molar-refractivity contribution < 1.29 is 9.13 Å². The average Bonchev–Trinajstić information content (AvgIpc) is 3.28. The van der Waals surface area contributed by atoms with Crippen molar-refractivity contribution in [3.05, 3.63) is 216 Å². The Hall–Kier alpha value is -7.84. The minimum Gasteiger partial charge on any atom is -0.265 e. The predicted molar refractivity (Wildman–Crippen MR) is 228 cm³/mol. The van der Waals surface area contributed by atoms with Gasteiger partial charge in [0.1, 0.15) is 11.4 Å². The van der Waals surface area contributed by atoms with Gasteiger partial charge < -0.3 is 0 Å². The number of nitrogens with zero attached hydrogens (tertiary/aromatic N) is 8. The van der Waals surface area contributed by atoms with Crippen molar-refractivity contribution in [2.45, 2.75) is 6.67 Å². The van der Waals surface area contributed by atoms with Gasteiger partial charge in [0.05, 0.1) is 0 Å². The van der Waals surface area contributed by atoms with Gasteiger partial charge in [0.15, 0.2) is 12.4 Å². The van der Waals surface area contributed by atoms with Crippen LogP contribution >= 0.6 is 0 Å². The number of pyridine rings is 8. The van der Waals surface area contributed by atoms with Crippen LogP contribution in [0.5, 0.6) is 0 Å². The van der Waals surface area contributed by atoms with Crippen LogP contribution in [0, 0.1) is 0 Å². The van der Waals surface area contributed by atoms with Gasteiger partial charge in [-0.3, -0.25) is 19.9 Å². The standard InChI is InChI=1S/C49H38N8/c1(38-9-21-50-22-10-38)5-42-17-29-54-46(33-42)48-35-44(7-3-40-13-25-52-26-14-40)19-31-56(48)37-57-32-20-45(8-4-41-15-27-53-28-16-41)36-49(57)47-34-43(18-30-55-47)6-2-39-11-23-51-24-12-39/h1-36H,37H2/q+2/b5-1+,6-2+,7-3+,8-4+. The molecule has 8 heterocycles. The molecule has 8 aromatic heterocycles. The maximum Gasteiger partial charge on any atom is 0.344 e. The van der Waals surface area contributed by atoms with E-state index in [9.17, 15) is 0 Å². The first-order valence-electron chi connectivity index (χ1n) is 18.5. The number of hydrogen-bond donors (Lipinski definition) is 0. The SMILES string of the molecule is C(=C\c1ccnc(-c2cc(/C=C/c3ccncc3)cc[n+]2C[n+]2ccc(/C=C/c3ccncc3)cc2-c2cc(/C=C/c3ccncc3)ccn2)c1)/c1ccncc1. The van der Waals surface area contributed by atoms with Crippen LogP contribution in [0.4, 0.5) is 0 Å². The van der Waals surface area contributed by atoms with Crippen molar-refractivity contribution in [2.75, 3.05) is 0 Å². The van der Waals surface area contributed by atoms with Crippen molar-refractivity contribution in [1.82, 2.24) is 29.9 Å². The van der Waals surface area contributed by atoms with E-state index in [0.29, 0.717) is 6.67 Å². The number of rotatable bonds is 12. The summed E-state index contributed by atoms with van der Waals surface area (Å²) in [5, 5.41) is 0. The normalized spacial score (nSPS) is 11.6. The second kappa shape index (κ2) is 18.0. The summed E-state index contributed by atoms with van der Waals surface area (Å²) in [5.41, 5.74) is 12.1. The molecule has 0 spiro atoms. The molecule has 0 saturated heterocycles. The van der Waals surface area contributed by atoms with Crippen LogP contribution in [0.3, 0.4) is 0 Å². The minimum absolute atomic E-state index is 0.505. The largest absolute Gasteiger partial charge is 0.344 e. The van der Waals surface area contributed by atoms with E-state index in [0.717, 1.165) is 67.3 Å². The summed E-state index contributed by atoms with van der Waals surface area (Å²) >= 11 is 0. The lowest BCUT2D eigenvalue weighted by atomic mass is 10.1. The van der Waals surface area contributed by atoms with Gasteiger partial charge in [0, 0.05) is 86.2 Å². The van der Waals surface area contributed by atoms with Crippen molar-refractivity contribution in [2.24, 2.45) is 0 Å². The molecule has 0 bridgehead atoms. The summed E-state index contributed by atoms with van der Waals surface area (Å²) in [6, 6.07) is 32.8. The van der Waals surface area contributed by atoms with Crippen molar-refractivity contribution >= 4 is 48.6 Å². The first-order chi connectivity index (χ1) is 28.2. The Morgan fingerprint density at radius 3 is 0.930 bits per heavy atom. The van der Waals surface area contributed by atoms with Gasteiger partial charge in [-0.15, -0.1) is 9.13 Å². The number of hydrogen-bond acceptors (Lipinski definition) is 6. The van der Waals surface area contributed by atoms with Gasteiger partial charge in [-0.1, -0.05) is 48.6 Å². The predicted octanol–water partition coefficient (Wildman–Crippen LogP) is 9.15. The van der Waals surface area contributed by atoms with Crippen molar-refractivity contribution in [3.8, 4) is 22.8 Å². The summed E-state index contributed by atoms with van der Waals surface area (Å²) in [4.78, 5) is 26.4. The Morgan fingerprint density at radius 1 is 0.316 bits per heavy atom. The van der Waals surface area contributed by atoms with E-state index in [-0.39, 0.29) is 0 Å². The highest BCUT2D eigenvalue weighted by molar-refractivity contribution is 5.75. The molecule has 272 valence electrons. The minimum atomic E-state index is 0.505. The molecule has 0 aliphatic carbocycles. The zero-order valence-electron chi connectivity index (χ0n) is 31.1. The van der Waals surface area contributed by atoms with E-state index in [2.05, 4.69) is 126 Å². The van der Waals surface area contributed by atoms with E-state index in [1.165, 1.54) is 0 Å². The molecule has 0 unspecified atom stereocenters. The third-order valence-electron chi connectivity index (χ3n) is 9.21. The molecule has 8 nitrogen and oxygen atoms in total. The van der Waals surface area contributed by atoms with Crippen LogP contribution in [0.15, 0.2) is 171 Å². The fraction of sp³-hybridized carbons (Fsp3) is 0.0204. The fourth-order valence-corrected chi connectivity index (χ4v) is 6.20. The molecule has 0 amide bonds. The molecule has 0 aromatic carbocycles. The van der Waals surface area contributed by atoms with Crippen LogP contribution in [-0.4, -0.2) is 29.9 Å². The zero-order valence-corrected chi connectivity index (χ0v) is 31.1. The van der Waals surface area contributed by atoms with Gasteiger partial charge in [-0.25, -0.2) is 9.97 Å². The number of aromatic nitrogens is 8. The van der Waals surface area contributed by atoms with E-state index >= 15 is 0 Å². The second-order valence-corrected chi connectivity index (χ2v) is 13.2. The highest BCUT2D eigenvalue weighted by atomic mass is 15.2. The van der Waals surface area contributed by atoms with E-state index < -0.39 is 0 Å². The molecule has 8 heteroatoms. The molecule has 8 aromatic rings. The van der Waals surface area contributed by atoms with Gasteiger partial charge in [-0.05, 0) is 117 Å². The quantitative estimate of drug-likeness (QED) is 0.116. The second-order valence-electron chi connectivity index (χ2n) is 13.2. The average molecular weight is 739 g/mol. The van der Waals surface area contributed by atoms with Gasteiger partial charge in [0.2, 0.25) is 11.4 Å². The molecule has 8 rings (SSSR count). The van der Waals surface area contributed by atoms with E-state index in [1.54, 1.807) is 49.6 Å². The lowest BCUT2D eigenvalue weighted by molar-refractivity contribution is -0.903. The molecule has 0 N–H and O–H groups in total. The van der Waals surface area contributed by atoms with Gasteiger partial charge in [0.25, 0.3) is 0 Å². The Balaban J connectivity index is 1.19. The third-order valence-corrected chi connectivity index (χ3v) is 9.21. The smallest absolute Gasteiger partial charge is 0.265 e. The molecule has 0 radical (unpaired) electrons. The lowest BCUT2D eigenvalue weighted by Gasteiger charge is -2.08. The topological polar surface area (TPSA) is 85.1 Å². The maximum atomic E-state index is 4.89. The highest BCUT2D eigenvalue weighted by Gasteiger charge is 2.23. The molecular weight excluding hydrogens is 701 g/mol. The molecule has 0 atom stereocenters. The maximum absolute atomic E-state index is 4.89. The molecular formula is C49H38N8+2. The summed E-state index contributed by atoms with van der Waals surface area (Å²) in [5.74, 6) is 0. The fourth-order valence-electron chi connectivity index (χ4n) is 6.20.